The summed E-state index contributed by atoms with van der Waals surface area (Å²) in [5, 5.41) is 8.91. The molecule has 0 spiro atoms. The lowest BCUT2D eigenvalue weighted by Crippen LogP contribution is -2.33. The van der Waals surface area contributed by atoms with Gasteiger partial charge in [-0.05, 0) is 30.2 Å². The van der Waals surface area contributed by atoms with Gasteiger partial charge in [-0.3, -0.25) is 20.1 Å². The van der Waals surface area contributed by atoms with Crippen molar-refractivity contribution in [1.82, 2.24) is 5.48 Å². The van der Waals surface area contributed by atoms with Crippen LogP contribution in [0, 0.1) is 31.0 Å². The van der Waals surface area contributed by atoms with Crippen molar-refractivity contribution in [3.63, 3.8) is 0 Å². The Kier molecular flexibility index (Phi) is 7.45. The van der Waals surface area contributed by atoms with Crippen molar-refractivity contribution in [2.45, 2.75) is 25.7 Å². The molecule has 1 aliphatic heterocycles. The van der Waals surface area contributed by atoms with Gasteiger partial charge in [0.05, 0.1) is 19.8 Å². The van der Waals surface area contributed by atoms with Crippen LogP contribution in [-0.4, -0.2) is 36.5 Å². The average molecular weight is 427 g/mol. The summed E-state index contributed by atoms with van der Waals surface area (Å²) < 4.78 is 29.3. The minimum atomic E-state index is -0.664. The average Bonchev–Trinajstić information content (AvgIpc) is 3.10. The number of carbonyl (C=O) groups excluding carboxylic acids is 1. The number of carbonyl (C=O) groups is 1. The first-order chi connectivity index (χ1) is 14.9. The zero-order valence-electron chi connectivity index (χ0n) is 17.1. The molecule has 162 valence electrons. The van der Waals surface area contributed by atoms with E-state index in [0.29, 0.717) is 17.1 Å². The van der Waals surface area contributed by atoms with Crippen LogP contribution in [0.2, 0.25) is 0 Å². The second-order valence-corrected chi connectivity index (χ2v) is 7.45. The fourth-order valence-electron chi connectivity index (χ4n) is 3.74. The van der Waals surface area contributed by atoms with E-state index in [0.717, 1.165) is 5.56 Å². The highest BCUT2D eigenvalue weighted by molar-refractivity contribution is 5.92. The molecule has 6 nitrogen and oxygen atoms in total. The van der Waals surface area contributed by atoms with Gasteiger partial charge in [-0.2, -0.15) is 0 Å². The van der Waals surface area contributed by atoms with Gasteiger partial charge in [0.2, 0.25) is 0 Å². The van der Waals surface area contributed by atoms with E-state index >= 15 is 0 Å². The highest BCUT2D eigenvalue weighted by atomic mass is 19.1. The molecule has 2 N–H and O–H groups in total. The van der Waals surface area contributed by atoms with Crippen LogP contribution in [0.1, 0.15) is 29.0 Å². The molecule has 0 saturated carbocycles. The standard InChI is InChI=1S/C23H23F2N3O3/c1-14-9-20(24)22(21(25)10-14)19-13-27-23(28-31-8-7-29)18(19)12-17(30)11-15-3-5-16(26-2)6-4-15/h3-6,9-10,18-19,29H,7-8,11-13H2,1H3,(H,27,28)/t18-,19+/m0/s1. The summed E-state index contributed by atoms with van der Waals surface area (Å²) in [6, 6.07) is 9.25. The van der Waals surface area contributed by atoms with Gasteiger partial charge in [0.15, 0.2) is 5.69 Å². The van der Waals surface area contributed by atoms with E-state index in [1.54, 1.807) is 31.2 Å². The monoisotopic (exact) mass is 427 g/mol. The molecule has 0 aliphatic carbocycles. The largest absolute Gasteiger partial charge is 0.394 e. The molecule has 0 saturated heterocycles. The molecule has 31 heavy (non-hydrogen) atoms. The maximum Gasteiger partial charge on any atom is 0.187 e. The number of ketones is 1. The van der Waals surface area contributed by atoms with Crippen LogP contribution in [0.3, 0.4) is 0 Å². The predicted octanol–water partition coefficient (Wildman–Crippen LogP) is 3.65. The topological polar surface area (TPSA) is 75.3 Å². The van der Waals surface area contributed by atoms with Crippen LogP contribution in [0.15, 0.2) is 41.4 Å². The molecule has 1 aliphatic rings. The minimum absolute atomic E-state index is 0.00497. The number of benzene rings is 2. The van der Waals surface area contributed by atoms with Gasteiger partial charge < -0.3 is 5.11 Å². The molecule has 2 atom stereocenters. The minimum Gasteiger partial charge on any atom is -0.394 e. The van der Waals surface area contributed by atoms with Crippen LogP contribution in [0.4, 0.5) is 14.5 Å². The second kappa shape index (κ2) is 10.2. The van der Waals surface area contributed by atoms with Crippen LogP contribution < -0.4 is 5.48 Å². The number of aryl methyl sites for hydroxylation is 1. The molecule has 0 aromatic heterocycles. The Balaban J connectivity index is 1.80. The van der Waals surface area contributed by atoms with Crippen LogP contribution in [-0.2, 0) is 16.1 Å². The molecule has 8 heteroatoms. The quantitative estimate of drug-likeness (QED) is 0.383. The first-order valence-electron chi connectivity index (χ1n) is 9.89. The van der Waals surface area contributed by atoms with E-state index in [2.05, 4.69) is 15.3 Å². The summed E-state index contributed by atoms with van der Waals surface area (Å²) in [5.41, 5.74) is 4.24. The van der Waals surface area contributed by atoms with E-state index in [4.69, 9.17) is 16.5 Å². The van der Waals surface area contributed by atoms with E-state index in [1.807, 2.05) is 0 Å². The molecular weight excluding hydrogens is 404 g/mol. The lowest BCUT2D eigenvalue weighted by molar-refractivity contribution is -0.119. The van der Waals surface area contributed by atoms with Crippen molar-refractivity contribution in [1.29, 1.82) is 0 Å². The maximum atomic E-state index is 14.6. The Morgan fingerprint density at radius 3 is 2.58 bits per heavy atom. The number of aliphatic hydroxyl groups is 1. The van der Waals surface area contributed by atoms with Gasteiger partial charge in [0.1, 0.15) is 23.3 Å². The Labute approximate surface area is 179 Å². The lowest BCUT2D eigenvalue weighted by Gasteiger charge is -2.22. The summed E-state index contributed by atoms with van der Waals surface area (Å²) in [5.74, 6) is -2.38. The van der Waals surface area contributed by atoms with Crippen molar-refractivity contribution < 1.29 is 23.5 Å². The zero-order valence-corrected chi connectivity index (χ0v) is 17.1. The smallest absolute Gasteiger partial charge is 0.187 e. The highest BCUT2D eigenvalue weighted by Crippen LogP contribution is 2.37. The molecule has 0 bridgehead atoms. The van der Waals surface area contributed by atoms with E-state index in [-0.39, 0.29) is 43.9 Å². The first-order valence-corrected chi connectivity index (χ1v) is 9.89. The Bertz CT molecular complexity index is 993. The van der Waals surface area contributed by atoms with Gasteiger partial charge in [0, 0.05) is 36.8 Å². The second-order valence-electron chi connectivity index (χ2n) is 7.45. The van der Waals surface area contributed by atoms with E-state index in [1.165, 1.54) is 12.1 Å². The van der Waals surface area contributed by atoms with Gasteiger partial charge in [0.25, 0.3) is 0 Å². The van der Waals surface area contributed by atoms with Gasteiger partial charge >= 0.3 is 0 Å². The molecule has 0 fully saturated rings. The number of aliphatic hydroxyl groups excluding tert-OH is 1. The summed E-state index contributed by atoms with van der Waals surface area (Å²) >= 11 is 0. The van der Waals surface area contributed by atoms with Crippen LogP contribution in [0.25, 0.3) is 4.85 Å². The van der Waals surface area contributed by atoms with Crippen molar-refractivity contribution >= 4 is 17.3 Å². The number of Topliss-reactive ketones (excluding diaryl/α,β-unsaturated/α-hetero) is 1. The number of halogens is 2. The number of nitrogens with zero attached hydrogens (tertiary/aromatic N) is 2. The summed E-state index contributed by atoms with van der Waals surface area (Å²) in [6.45, 7) is 8.51. The van der Waals surface area contributed by atoms with Gasteiger partial charge in [-0.1, -0.05) is 24.3 Å². The van der Waals surface area contributed by atoms with Crippen molar-refractivity contribution in [3.8, 4) is 0 Å². The first kappa shape index (κ1) is 22.5. The van der Waals surface area contributed by atoms with Gasteiger partial charge in [-0.25, -0.2) is 13.6 Å². The third-order valence-electron chi connectivity index (χ3n) is 5.17. The van der Waals surface area contributed by atoms with Crippen molar-refractivity contribution in [3.05, 3.63) is 76.1 Å². The highest BCUT2D eigenvalue weighted by Gasteiger charge is 2.37. The Morgan fingerprint density at radius 2 is 1.97 bits per heavy atom. The van der Waals surface area contributed by atoms with Crippen LogP contribution >= 0.6 is 0 Å². The SMILES string of the molecule is [C-]#[N+]c1ccc(CC(=O)C[C@@H]2C(NOCCO)=NC[C@H]2c2c(F)cc(C)cc2F)cc1. The number of hydrogen-bond donors (Lipinski definition) is 2. The number of hydrogen-bond acceptors (Lipinski definition) is 5. The maximum absolute atomic E-state index is 14.6. The normalized spacial score (nSPS) is 17.8. The fraction of sp³-hybridized carbons (Fsp3) is 0.348. The molecule has 0 unspecified atom stereocenters. The molecule has 1 heterocycles. The third-order valence-corrected chi connectivity index (χ3v) is 5.17. The van der Waals surface area contributed by atoms with Crippen molar-refractivity contribution in [2.24, 2.45) is 10.9 Å². The molecule has 2 aromatic carbocycles. The third kappa shape index (κ3) is 5.51. The van der Waals surface area contributed by atoms with E-state index in [9.17, 15) is 13.6 Å². The molecular formula is C23H23F2N3O3. The Hall–Kier alpha value is -3.15. The summed E-state index contributed by atoms with van der Waals surface area (Å²) in [6.07, 6.45) is 0.140. The van der Waals surface area contributed by atoms with Crippen molar-refractivity contribution in [2.75, 3.05) is 19.8 Å². The number of amidine groups is 1. The number of hydroxylamine groups is 1. The summed E-state index contributed by atoms with van der Waals surface area (Å²) in [7, 11) is 0. The molecule has 2 aromatic rings. The van der Waals surface area contributed by atoms with Gasteiger partial charge in [-0.15, -0.1) is 0 Å². The van der Waals surface area contributed by atoms with Crippen LogP contribution in [0.5, 0.6) is 0 Å². The molecule has 0 amide bonds. The number of nitrogens with one attached hydrogen (secondary N) is 1. The summed E-state index contributed by atoms with van der Waals surface area (Å²) in [4.78, 5) is 25.6. The molecule has 0 radical (unpaired) electrons. The molecule has 3 rings (SSSR count). The number of rotatable bonds is 8. The fourth-order valence-corrected chi connectivity index (χ4v) is 3.74. The zero-order chi connectivity index (χ0) is 22.4. The lowest BCUT2D eigenvalue weighted by atomic mass is 9.82. The Morgan fingerprint density at radius 1 is 1.29 bits per heavy atom. The van der Waals surface area contributed by atoms with E-state index < -0.39 is 23.5 Å². The number of aliphatic imine (C=N–C) groups is 1. The predicted molar refractivity (Wildman–Crippen MR) is 112 cm³/mol.